The zero-order chi connectivity index (χ0) is 27.9. The lowest BCUT2D eigenvalue weighted by Gasteiger charge is -2.47. The van der Waals surface area contributed by atoms with E-state index >= 15 is 0 Å². The molecule has 5 heterocycles. The van der Waals surface area contributed by atoms with E-state index in [2.05, 4.69) is 159 Å². The smallest absolute Gasteiger partial charge is 0.429 e. The molecule has 0 saturated heterocycles. The van der Waals surface area contributed by atoms with Crippen LogP contribution in [0, 0.1) is 0 Å². The first-order valence-electron chi connectivity index (χ1n) is 15.1. The molecule has 0 amide bonds. The van der Waals surface area contributed by atoms with E-state index in [4.69, 9.17) is 0 Å². The summed E-state index contributed by atoms with van der Waals surface area (Å²) in [5, 5.41) is 7.81. The zero-order valence-electron chi connectivity index (χ0n) is 23.3. The predicted molar refractivity (Wildman–Crippen MR) is 179 cm³/mol. The normalized spacial score (nSPS) is 16.5. The number of aromatic nitrogens is 3. The summed E-state index contributed by atoms with van der Waals surface area (Å²) < 4.78 is 8.11. The minimum atomic E-state index is -1.78. The second kappa shape index (κ2) is 7.42. The molecule has 11 rings (SSSR count). The second-order valence-corrected chi connectivity index (χ2v) is 12.2. The Bertz CT molecular complexity index is 2680. The molecule has 1 atom stereocenters. The number of hydrogen-bond donors (Lipinski definition) is 0. The van der Waals surface area contributed by atoms with Crippen LogP contribution < -0.4 is 9.94 Å². The summed E-state index contributed by atoms with van der Waals surface area (Å²) in [7, 11) is 0. The van der Waals surface area contributed by atoms with Gasteiger partial charge in [-0.1, -0.05) is 109 Å². The van der Waals surface area contributed by atoms with Crippen molar-refractivity contribution in [3.8, 4) is 22.5 Å². The van der Waals surface area contributed by atoms with Gasteiger partial charge in [0.15, 0.2) is 11.4 Å². The predicted octanol–water partition coefficient (Wildman–Crippen LogP) is 8.09. The number of pyridine rings is 1. The topological polar surface area (TPSA) is 13.7 Å². The Kier molecular flexibility index (Phi) is 3.80. The van der Waals surface area contributed by atoms with Crippen LogP contribution in [-0.2, 0) is 0 Å². The lowest BCUT2D eigenvalue weighted by molar-refractivity contribution is -0.526. The highest BCUT2D eigenvalue weighted by molar-refractivity contribution is 6.86. The highest BCUT2D eigenvalue weighted by atomic mass is 15.3. The van der Waals surface area contributed by atoms with E-state index in [1.165, 1.54) is 82.4 Å². The van der Waals surface area contributed by atoms with Gasteiger partial charge < -0.3 is 13.4 Å². The molecule has 3 aromatic heterocycles. The quantitative estimate of drug-likeness (QED) is 0.185. The van der Waals surface area contributed by atoms with Gasteiger partial charge in [-0.3, -0.25) is 0 Å². The summed E-state index contributed by atoms with van der Waals surface area (Å²) in [5.74, 6) is 0. The van der Waals surface area contributed by atoms with Gasteiger partial charge >= 0.3 is 6.55 Å². The highest BCUT2D eigenvalue weighted by Gasteiger charge is 2.55. The lowest BCUT2D eigenvalue weighted by atomic mass is 9.48. The Morgan fingerprint density at radius 1 is 0.419 bits per heavy atom. The molecule has 43 heavy (non-hydrogen) atoms. The van der Waals surface area contributed by atoms with Crippen LogP contribution in [-0.4, -0.2) is 15.5 Å². The van der Waals surface area contributed by atoms with Gasteiger partial charge in [0.1, 0.15) is 0 Å². The van der Waals surface area contributed by atoms with Crippen molar-refractivity contribution in [3.05, 3.63) is 146 Å². The Hall–Kier alpha value is -5.61. The summed E-state index contributed by atoms with van der Waals surface area (Å²) in [4.78, 5) is 0. The van der Waals surface area contributed by atoms with Crippen molar-refractivity contribution in [2.24, 2.45) is 0 Å². The van der Waals surface area contributed by atoms with E-state index in [9.17, 15) is 0 Å². The van der Waals surface area contributed by atoms with E-state index in [1.807, 2.05) is 0 Å². The van der Waals surface area contributed by atoms with Gasteiger partial charge in [0, 0.05) is 55.7 Å². The van der Waals surface area contributed by atoms with Crippen LogP contribution in [0.3, 0.4) is 0 Å². The van der Waals surface area contributed by atoms with Crippen molar-refractivity contribution in [1.82, 2.24) is 8.96 Å². The standard InChI is InChI=1S/C39H24BN3/c1-2-12-26(13-3-1)40-41-34(30-17-8-16-29-28-15-6-7-20-33(28)42(40)38(29)30)21-10-22-35(41)31-18-9-19-32-37-27-14-5-4-11-25(27)23-24-36(37)43(40)39(31)32/h1-24H. The SMILES string of the molecule is c1ccc([B-]23n4c5ccccc5c5cccc(c54)-c4cccc([n+]42)-c2cccc4c5c6ccccc6ccc5n3c24)cc1. The summed E-state index contributed by atoms with van der Waals surface area (Å²) in [6.07, 6.45) is 0. The first-order chi connectivity index (χ1) is 21.4. The number of rotatable bonds is 1. The molecule has 0 fully saturated rings. The van der Waals surface area contributed by atoms with Crippen LogP contribution in [0.25, 0.3) is 76.9 Å². The minimum Gasteiger partial charge on any atom is -0.429 e. The molecule has 198 valence electrons. The number of para-hydroxylation sites is 3. The third-order valence-corrected chi connectivity index (χ3v) is 10.3. The molecular formula is C39H24BN3. The van der Waals surface area contributed by atoms with Gasteiger partial charge in [-0.05, 0) is 41.1 Å². The van der Waals surface area contributed by atoms with Crippen molar-refractivity contribution in [2.45, 2.75) is 0 Å². The number of benzene rings is 6. The summed E-state index contributed by atoms with van der Waals surface area (Å²) in [5.41, 5.74) is 11.5. The van der Waals surface area contributed by atoms with E-state index in [1.54, 1.807) is 0 Å². The van der Waals surface area contributed by atoms with Crippen LogP contribution in [0.1, 0.15) is 0 Å². The first kappa shape index (κ1) is 22.1. The molecule has 2 aliphatic rings. The number of fused-ring (bicyclic) bond motifs is 12. The van der Waals surface area contributed by atoms with Gasteiger partial charge in [0.25, 0.3) is 0 Å². The summed E-state index contributed by atoms with van der Waals surface area (Å²) in [6.45, 7) is -1.78. The van der Waals surface area contributed by atoms with Crippen molar-refractivity contribution in [1.29, 1.82) is 0 Å². The molecule has 3 nitrogen and oxygen atoms in total. The molecule has 0 N–H and O–H groups in total. The summed E-state index contributed by atoms with van der Waals surface area (Å²) in [6, 6.07) is 54.4. The van der Waals surface area contributed by atoms with E-state index in [0.717, 1.165) is 0 Å². The van der Waals surface area contributed by atoms with Crippen LogP contribution in [0.4, 0.5) is 0 Å². The zero-order valence-corrected chi connectivity index (χ0v) is 23.3. The fraction of sp³-hybridized carbons (Fsp3) is 0. The van der Waals surface area contributed by atoms with Crippen LogP contribution in [0.15, 0.2) is 146 Å². The maximum absolute atomic E-state index is 2.72. The number of hydrogen-bond acceptors (Lipinski definition) is 0. The Labute approximate surface area is 247 Å². The second-order valence-electron chi connectivity index (χ2n) is 12.2. The fourth-order valence-corrected chi connectivity index (χ4v) is 8.94. The molecule has 9 aromatic rings. The van der Waals surface area contributed by atoms with E-state index < -0.39 is 6.55 Å². The Balaban J connectivity index is 1.53. The lowest BCUT2D eigenvalue weighted by Crippen LogP contribution is -2.83. The first-order valence-corrected chi connectivity index (χ1v) is 15.1. The third-order valence-electron chi connectivity index (χ3n) is 10.3. The van der Waals surface area contributed by atoms with E-state index in [0.29, 0.717) is 0 Å². The van der Waals surface area contributed by atoms with Crippen LogP contribution in [0.5, 0.6) is 0 Å². The maximum Gasteiger partial charge on any atom is 0.514 e. The maximum atomic E-state index is 2.72. The van der Waals surface area contributed by atoms with Gasteiger partial charge in [-0.2, -0.15) is 0 Å². The van der Waals surface area contributed by atoms with Crippen molar-refractivity contribution in [3.63, 3.8) is 0 Å². The molecule has 2 aliphatic heterocycles. The molecule has 0 saturated carbocycles. The van der Waals surface area contributed by atoms with Gasteiger partial charge in [0.05, 0.1) is 11.1 Å². The van der Waals surface area contributed by atoms with E-state index in [-0.39, 0.29) is 0 Å². The van der Waals surface area contributed by atoms with Gasteiger partial charge in [-0.15, -0.1) is 0 Å². The van der Waals surface area contributed by atoms with Gasteiger partial charge in [-0.25, -0.2) is 0 Å². The monoisotopic (exact) mass is 545 g/mol. The average molecular weight is 545 g/mol. The molecular weight excluding hydrogens is 521 g/mol. The third kappa shape index (κ3) is 2.35. The Morgan fingerprint density at radius 2 is 1.02 bits per heavy atom. The van der Waals surface area contributed by atoms with Crippen LogP contribution in [0.2, 0.25) is 0 Å². The van der Waals surface area contributed by atoms with Crippen LogP contribution >= 0.6 is 0 Å². The fourth-order valence-electron chi connectivity index (χ4n) is 8.94. The molecule has 1 unspecified atom stereocenters. The Morgan fingerprint density at radius 3 is 1.84 bits per heavy atom. The average Bonchev–Trinajstić information content (AvgIpc) is 3.61. The molecule has 0 radical (unpaired) electrons. The highest BCUT2D eigenvalue weighted by Crippen LogP contribution is 2.47. The summed E-state index contributed by atoms with van der Waals surface area (Å²) >= 11 is 0. The molecule has 4 heteroatoms. The molecule has 0 aliphatic carbocycles. The van der Waals surface area contributed by atoms with Crippen molar-refractivity contribution >= 4 is 66.4 Å². The van der Waals surface area contributed by atoms with Gasteiger partial charge in [0.2, 0.25) is 0 Å². The minimum absolute atomic E-state index is 1.26. The van der Waals surface area contributed by atoms with Crippen molar-refractivity contribution < 1.29 is 4.48 Å². The molecule has 6 aromatic carbocycles. The molecule has 0 spiro atoms. The largest absolute Gasteiger partial charge is 0.514 e. The van der Waals surface area contributed by atoms with Crippen molar-refractivity contribution in [2.75, 3.05) is 0 Å². The number of nitrogens with zero attached hydrogens (tertiary/aromatic N) is 3. The molecule has 0 bridgehead atoms.